The normalized spacial score (nSPS) is 12.0. The van der Waals surface area contributed by atoms with Crippen molar-refractivity contribution in [2.75, 3.05) is 0 Å². The van der Waals surface area contributed by atoms with Crippen molar-refractivity contribution in [1.29, 1.82) is 0 Å². The number of nitrogens with one attached hydrogen (secondary N) is 1. The first-order valence-corrected chi connectivity index (χ1v) is 8.17. The summed E-state index contributed by atoms with van der Waals surface area (Å²) in [6.45, 7) is 4.20. The molecule has 0 saturated carbocycles. The van der Waals surface area contributed by atoms with Crippen LogP contribution in [0.5, 0.6) is 0 Å². The van der Waals surface area contributed by atoms with Crippen molar-refractivity contribution in [3.8, 4) is 11.5 Å². The molecule has 0 spiro atoms. The molecule has 0 bridgehead atoms. The number of hydrogen-bond donors (Lipinski definition) is 1. The SMILES string of the molecule is CC(C)Cn1c(-c2cccc(=O)[nH]2)nnc1S(=O)(=O)Cl. The van der Waals surface area contributed by atoms with Crippen LogP contribution in [0.15, 0.2) is 28.2 Å². The molecule has 9 heteroatoms. The molecule has 2 aromatic heterocycles. The van der Waals surface area contributed by atoms with E-state index in [1.807, 2.05) is 13.8 Å². The number of halogens is 1. The largest absolute Gasteiger partial charge is 0.319 e. The monoisotopic (exact) mass is 316 g/mol. The Morgan fingerprint density at radius 3 is 2.60 bits per heavy atom. The van der Waals surface area contributed by atoms with Gasteiger partial charge >= 0.3 is 0 Å². The number of pyridine rings is 1. The minimum Gasteiger partial charge on any atom is -0.319 e. The lowest BCUT2D eigenvalue weighted by Gasteiger charge is -2.11. The van der Waals surface area contributed by atoms with E-state index in [9.17, 15) is 13.2 Å². The van der Waals surface area contributed by atoms with Gasteiger partial charge in [-0.15, -0.1) is 10.2 Å². The fraction of sp³-hybridized carbons (Fsp3) is 0.364. The van der Waals surface area contributed by atoms with E-state index in [-0.39, 0.29) is 22.5 Å². The van der Waals surface area contributed by atoms with Gasteiger partial charge in [-0.25, -0.2) is 8.42 Å². The fourth-order valence-electron chi connectivity index (χ4n) is 1.78. The number of aromatic amines is 1. The highest BCUT2D eigenvalue weighted by molar-refractivity contribution is 8.13. The maximum Gasteiger partial charge on any atom is 0.296 e. The molecule has 0 unspecified atom stereocenters. The van der Waals surface area contributed by atoms with Crippen molar-refractivity contribution in [3.05, 3.63) is 28.6 Å². The third-order valence-corrected chi connectivity index (χ3v) is 3.64. The standard InChI is InChI=1S/C11H13ClN4O3S/c1-7(2)6-16-10(8-4-3-5-9(17)13-8)14-15-11(16)20(12,18)19/h3-5,7H,6H2,1-2H3,(H,13,17). The molecule has 1 N–H and O–H groups in total. The van der Waals surface area contributed by atoms with Crippen LogP contribution < -0.4 is 5.56 Å². The van der Waals surface area contributed by atoms with Gasteiger partial charge in [0.25, 0.3) is 14.2 Å². The zero-order chi connectivity index (χ0) is 14.9. The molecule has 0 aliphatic rings. The van der Waals surface area contributed by atoms with Crippen LogP contribution in [0.1, 0.15) is 13.8 Å². The second-order valence-corrected chi connectivity index (χ2v) is 7.14. The molecular formula is C11H13ClN4O3S. The molecule has 20 heavy (non-hydrogen) atoms. The van der Waals surface area contributed by atoms with Crippen LogP contribution >= 0.6 is 10.7 Å². The Bertz CT molecular complexity index is 779. The number of nitrogens with zero attached hydrogens (tertiary/aromatic N) is 3. The van der Waals surface area contributed by atoms with E-state index in [0.29, 0.717) is 12.2 Å². The molecule has 0 amide bonds. The molecule has 0 atom stereocenters. The molecule has 0 aliphatic carbocycles. The Labute approximate surface area is 120 Å². The first kappa shape index (κ1) is 14.7. The van der Waals surface area contributed by atoms with Crippen molar-refractivity contribution >= 4 is 19.7 Å². The zero-order valence-corrected chi connectivity index (χ0v) is 12.4. The highest BCUT2D eigenvalue weighted by Crippen LogP contribution is 2.21. The summed E-state index contributed by atoms with van der Waals surface area (Å²) >= 11 is 0. The van der Waals surface area contributed by atoms with Gasteiger partial charge in [0.05, 0.1) is 5.69 Å². The first-order valence-electron chi connectivity index (χ1n) is 5.86. The smallest absolute Gasteiger partial charge is 0.296 e. The summed E-state index contributed by atoms with van der Waals surface area (Å²) in [4.78, 5) is 13.9. The Hall–Kier alpha value is -1.67. The Balaban J connectivity index is 2.65. The summed E-state index contributed by atoms with van der Waals surface area (Å²) in [7, 11) is 1.35. The van der Waals surface area contributed by atoms with Crippen LogP contribution in [0.3, 0.4) is 0 Å². The van der Waals surface area contributed by atoms with E-state index in [0.717, 1.165) is 0 Å². The van der Waals surface area contributed by atoms with Crippen molar-refractivity contribution in [3.63, 3.8) is 0 Å². The number of H-pyrrole nitrogens is 1. The van der Waals surface area contributed by atoms with E-state index in [1.54, 1.807) is 12.1 Å². The molecule has 2 heterocycles. The predicted octanol–water partition coefficient (Wildman–Crippen LogP) is 1.22. The van der Waals surface area contributed by atoms with Crippen LogP contribution in [0.4, 0.5) is 0 Å². The van der Waals surface area contributed by atoms with Gasteiger partial charge in [0.1, 0.15) is 0 Å². The van der Waals surface area contributed by atoms with Gasteiger partial charge in [0.2, 0.25) is 5.56 Å². The maximum absolute atomic E-state index is 11.5. The molecule has 2 aromatic rings. The van der Waals surface area contributed by atoms with E-state index in [4.69, 9.17) is 10.7 Å². The molecule has 7 nitrogen and oxygen atoms in total. The minimum absolute atomic E-state index is 0.150. The summed E-state index contributed by atoms with van der Waals surface area (Å²) in [5, 5.41) is 7.12. The Morgan fingerprint density at radius 2 is 2.05 bits per heavy atom. The molecule has 0 aromatic carbocycles. The lowest BCUT2D eigenvalue weighted by atomic mass is 10.2. The molecular weight excluding hydrogens is 304 g/mol. The van der Waals surface area contributed by atoms with Gasteiger partial charge in [0.15, 0.2) is 5.82 Å². The maximum atomic E-state index is 11.5. The second kappa shape index (κ2) is 5.37. The lowest BCUT2D eigenvalue weighted by Crippen LogP contribution is -2.13. The molecule has 0 aliphatic heterocycles. The third kappa shape index (κ3) is 3.07. The molecule has 2 rings (SSSR count). The van der Waals surface area contributed by atoms with E-state index in [2.05, 4.69) is 15.2 Å². The third-order valence-electron chi connectivity index (χ3n) is 2.49. The molecule has 0 saturated heterocycles. The summed E-state index contributed by atoms with van der Waals surface area (Å²) in [6, 6.07) is 4.52. The highest BCUT2D eigenvalue weighted by atomic mass is 35.7. The lowest BCUT2D eigenvalue weighted by molar-refractivity contribution is 0.488. The summed E-state index contributed by atoms with van der Waals surface area (Å²) < 4.78 is 24.4. The number of aromatic nitrogens is 4. The van der Waals surface area contributed by atoms with Gasteiger partial charge in [0, 0.05) is 23.3 Å². The molecule has 108 valence electrons. The Kier molecular flexibility index (Phi) is 3.96. The molecule has 0 fully saturated rings. The van der Waals surface area contributed by atoms with E-state index in [1.165, 1.54) is 10.6 Å². The van der Waals surface area contributed by atoms with Crippen LogP contribution in [0, 0.1) is 5.92 Å². The van der Waals surface area contributed by atoms with Gasteiger partial charge in [-0.05, 0) is 12.0 Å². The fourth-order valence-corrected chi connectivity index (χ4v) is 2.68. The van der Waals surface area contributed by atoms with Gasteiger partial charge < -0.3 is 4.98 Å². The average Bonchev–Trinajstić information content (AvgIpc) is 2.71. The first-order chi connectivity index (χ1) is 9.29. The quantitative estimate of drug-likeness (QED) is 0.855. The predicted molar refractivity (Wildman–Crippen MR) is 74.0 cm³/mol. The van der Waals surface area contributed by atoms with Crippen molar-refractivity contribution in [1.82, 2.24) is 19.7 Å². The summed E-state index contributed by atoms with van der Waals surface area (Å²) in [5.74, 6) is 0.410. The van der Waals surface area contributed by atoms with Crippen LogP contribution in [-0.4, -0.2) is 28.2 Å². The second-order valence-electron chi connectivity index (χ2n) is 4.68. The van der Waals surface area contributed by atoms with Crippen molar-refractivity contribution in [2.24, 2.45) is 5.92 Å². The Morgan fingerprint density at radius 1 is 1.35 bits per heavy atom. The van der Waals surface area contributed by atoms with Crippen LogP contribution in [-0.2, 0) is 15.6 Å². The summed E-state index contributed by atoms with van der Waals surface area (Å²) in [5.41, 5.74) is 0.0779. The van der Waals surface area contributed by atoms with Gasteiger partial charge in [-0.1, -0.05) is 19.9 Å². The van der Waals surface area contributed by atoms with Crippen molar-refractivity contribution < 1.29 is 8.42 Å². The topological polar surface area (TPSA) is 97.7 Å². The van der Waals surface area contributed by atoms with Gasteiger partial charge in [-0.2, -0.15) is 0 Å². The van der Waals surface area contributed by atoms with E-state index >= 15 is 0 Å². The molecule has 0 radical (unpaired) electrons. The average molecular weight is 317 g/mol. The highest BCUT2D eigenvalue weighted by Gasteiger charge is 2.24. The summed E-state index contributed by atoms with van der Waals surface area (Å²) in [6.07, 6.45) is 0. The van der Waals surface area contributed by atoms with Crippen molar-refractivity contribution in [2.45, 2.75) is 25.5 Å². The number of rotatable bonds is 4. The van der Waals surface area contributed by atoms with E-state index < -0.39 is 9.05 Å². The number of hydrogen-bond acceptors (Lipinski definition) is 5. The van der Waals surface area contributed by atoms with Crippen LogP contribution in [0.25, 0.3) is 11.5 Å². The van der Waals surface area contributed by atoms with Crippen LogP contribution in [0.2, 0.25) is 0 Å². The van der Waals surface area contributed by atoms with Gasteiger partial charge in [-0.3, -0.25) is 9.36 Å². The zero-order valence-electron chi connectivity index (χ0n) is 10.9. The minimum atomic E-state index is -4.01.